The lowest BCUT2D eigenvalue weighted by Crippen LogP contribution is -2.34. The number of carbonyl (C=O) groups excluding carboxylic acids is 2. The molecule has 26 heavy (non-hydrogen) atoms. The molecule has 3 rings (SSSR count). The lowest BCUT2D eigenvalue weighted by atomic mass is 10.1. The fourth-order valence-corrected chi connectivity index (χ4v) is 2.99. The number of benzene rings is 1. The second-order valence-corrected chi connectivity index (χ2v) is 6.05. The maximum atomic E-state index is 12.7. The topological polar surface area (TPSA) is 83.6 Å². The Hall–Kier alpha value is -3.09. The zero-order valence-electron chi connectivity index (χ0n) is 14.6. The zero-order chi connectivity index (χ0) is 18.4. The Balaban J connectivity index is 1.60. The molecule has 0 aliphatic carbocycles. The molecule has 7 nitrogen and oxygen atoms in total. The lowest BCUT2D eigenvalue weighted by Gasteiger charge is -2.25. The van der Waals surface area contributed by atoms with Gasteiger partial charge < -0.3 is 20.3 Å². The summed E-state index contributed by atoms with van der Waals surface area (Å²) in [7, 11) is 1.56. The number of ether oxygens (including phenoxy) is 1. The number of nitrogens with zero attached hydrogens (tertiary/aromatic N) is 2. The number of carbonyl (C=O) groups is 2. The average Bonchev–Trinajstić information content (AvgIpc) is 3.18. The number of amides is 3. The van der Waals surface area contributed by atoms with Crippen molar-refractivity contribution in [3.63, 3.8) is 0 Å². The minimum atomic E-state index is -0.196. The molecule has 1 aromatic heterocycles. The number of hydrogen-bond acceptors (Lipinski definition) is 4. The van der Waals surface area contributed by atoms with E-state index in [1.807, 2.05) is 17.0 Å². The fraction of sp³-hybridized carbons (Fsp3) is 0.316. The normalized spacial score (nSPS) is 16.2. The molecule has 1 aromatic carbocycles. The van der Waals surface area contributed by atoms with Crippen LogP contribution in [0.1, 0.15) is 24.4 Å². The predicted octanol–water partition coefficient (Wildman–Crippen LogP) is 2.58. The molecule has 2 aromatic rings. The molecule has 136 valence electrons. The van der Waals surface area contributed by atoms with Gasteiger partial charge in [0.1, 0.15) is 5.75 Å². The van der Waals surface area contributed by atoms with E-state index >= 15 is 0 Å². The molecule has 1 aliphatic rings. The maximum Gasteiger partial charge on any atom is 0.322 e. The SMILES string of the molecule is CNC(=O)COc1ccc(NC(=O)N2CCCC2c2ccncc2)cc1. The molecule has 7 heteroatoms. The summed E-state index contributed by atoms with van der Waals surface area (Å²) in [6.07, 6.45) is 5.43. The van der Waals surface area contributed by atoms with Crippen LogP contribution < -0.4 is 15.4 Å². The molecule has 1 aliphatic heterocycles. The second-order valence-electron chi connectivity index (χ2n) is 6.05. The van der Waals surface area contributed by atoms with E-state index < -0.39 is 0 Å². The molecular formula is C19H22N4O3. The van der Waals surface area contributed by atoms with Gasteiger partial charge in [-0.25, -0.2) is 4.79 Å². The Morgan fingerprint density at radius 3 is 2.62 bits per heavy atom. The van der Waals surface area contributed by atoms with E-state index in [1.54, 1.807) is 43.7 Å². The van der Waals surface area contributed by atoms with Crippen molar-refractivity contribution in [1.29, 1.82) is 0 Å². The summed E-state index contributed by atoms with van der Waals surface area (Å²) in [6, 6.07) is 10.8. The van der Waals surface area contributed by atoms with E-state index in [0.29, 0.717) is 11.4 Å². The van der Waals surface area contributed by atoms with Crippen molar-refractivity contribution in [1.82, 2.24) is 15.2 Å². The molecular weight excluding hydrogens is 332 g/mol. The number of nitrogens with one attached hydrogen (secondary N) is 2. The highest BCUT2D eigenvalue weighted by Gasteiger charge is 2.29. The molecule has 1 atom stereocenters. The van der Waals surface area contributed by atoms with Gasteiger partial charge >= 0.3 is 6.03 Å². The van der Waals surface area contributed by atoms with Crippen LogP contribution in [0.25, 0.3) is 0 Å². The summed E-state index contributed by atoms with van der Waals surface area (Å²) in [4.78, 5) is 29.7. The molecule has 1 unspecified atom stereocenters. The van der Waals surface area contributed by atoms with Gasteiger partial charge in [0.05, 0.1) is 6.04 Å². The summed E-state index contributed by atoms with van der Waals surface area (Å²) in [5.74, 6) is 0.376. The Morgan fingerprint density at radius 2 is 1.92 bits per heavy atom. The molecule has 1 fully saturated rings. The van der Waals surface area contributed by atoms with Crippen molar-refractivity contribution in [3.8, 4) is 5.75 Å². The van der Waals surface area contributed by atoms with Crippen molar-refractivity contribution < 1.29 is 14.3 Å². The predicted molar refractivity (Wildman–Crippen MR) is 97.9 cm³/mol. The van der Waals surface area contributed by atoms with Crippen LogP contribution in [0.4, 0.5) is 10.5 Å². The van der Waals surface area contributed by atoms with E-state index in [9.17, 15) is 9.59 Å². The first kappa shape index (κ1) is 17.7. The summed E-state index contributed by atoms with van der Waals surface area (Å²) in [5, 5.41) is 5.41. The van der Waals surface area contributed by atoms with Gasteiger partial charge in [-0.3, -0.25) is 9.78 Å². The number of anilines is 1. The number of urea groups is 1. The van der Waals surface area contributed by atoms with Crippen molar-refractivity contribution >= 4 is 17.6 Å². The van der Waals surface area contributed by atoms with E-state index in [1.165, 1.54) is 0 Å². The summed E-state index contributed by atoms with van der Waals surface area (Å²) >= 11 is 0. The molecule has 1 saturated heterocycles. The Kier molecular flexibility index (Phi) is 5.68. The zero-order valence-corrected chi connectivity index (χ0v) is 14.6. The highest BCUT2D eigenvalue weighted by molar-refractivity contribution is 5.89. The molecule has 0 radical (unpaired) electrons. The first-order chi connectivity index (χ1) is 12.7. The molecule has 0 spiro atoms. The quantitative estimate of drug-likeness (QED) is 0.864. The Morgan fingerprint density at radius 1 is 1.19 bits per heavy atom. The standard InChI is InChI=1S/C19H22N4O3/c1-20-18(24)13-26-16-6-4-15(5-7-16)22-19(25)23-12-2-3-17(23)14-8-10-21-11-9-14/h4-11,17H,2-3,12-13H2,1H3,(H,20,24)(H,22,25). The van der Waals surface area contributed by atoms with Crippen LogP contribution in [0.3, 0.4) is 0 Å². The largest absolute Gasteiger partial charge is 0.484 e. The van der Waals surface area contributed by atoms with Crippen molar-refractivity contribution in [2.24, 2.45) is 0 Å². The molecule has 0 saturated carbocycles. The average molecular weight is 354 g/mol. The van der Waals surface area contributed by atoms with Gasteiger partial charge in [0.25, 0.3) is 5.91 Å². The third kappa shape index (κ3) is 4.30. The van der Waals surface area contributed by atoms with Crippen molar-refractivity contribution in [3.05, 3.63) is 54.4 Å². The number of rotatable bonds is 5. The van der Waals surface area contributed by atoms with Gasteiger partial charge in [-0.05, 0) is 54.8 Å². The third-order valence-corrected chi connectivity index (χ3v) is 4.36. The Labute approximate surface area is 152 Å². The number of likely N-dealkylation sites (tertiary alicyclic amines) is 1. The number of pyridine rings is 1. The van der Waals surface area contributed by atoms with Crippen LogP contribution in [-0.2, 0) is 4.79 Å². The minimum absolute atomic E-state index is 0.0381. The van der Waals surface area contributed by atoms with Crippen molar-refractivity contribution in [2.45, 2.75) is 18.9 Å². The first-order valence-electron chi connectivity index (χ1n) is 8.58. The van der Waals surface area contributed by atoms with Gasteiger partial charge in [0.15, 0.2) is 6.61 Å². The lowest BCUT2D eigenvalue weighted by molar-refractivity contribution is -0.122. The van der Waals surface area contributed by atoms with Crippen LogP contribution in [0.2, 0.25) is 0 Å². The smallest absolute Gasteiger partial charge is 0.322 e. The highest BCUT2D eigenvalue weighted by Crippen LogP contribution is 2.32. The number of likely N-dealkylation sites (N-methyl/N-ethyl adjacent to an activating group) is 1. The van der Waals surface area contributed by atoms with Crippen LogP contribution in [-0.4, -0.2) is 42.0 Å². The monoisotopic (exact) mass is 354 g/mol. The molecule has 0 bridgehead atoms. The number of aromatic nitrogens is 1. The van der Waals surface area contributed by atoms with Gasteiger partial charge in [0, 0.05) is 31.7 Å². The molecule has 2 heterocycles. The summed E-state index contributed by atoms with van der Waals surface area (Å²) < 4.78 is 5.35. The van der Waals surface area contributed by atoms with Gasteiger partial charge in [-0.15, -0.1) is 0 Å². The summed E-state index contributed by atoms with van der Waals surface area (Å²) in [5.41, 5.74) is 1.79. The highest BCUT2D eigenvalue weighted by atomic mass is 16.5. The van der Waals surface area contributed by atoms with Gasteiger partial charge in [-0.1, -0.05) is 0 Å². The second kappa shape index (κ2) is 8.33. The fourth-order valence-electron chi connectivity index (χ4n) is 2.99. The van der Waals surface area contributed by atoms with Gasteiger partial charge in [0.2, 0.25) is 0 Å². The van der Waals surface area contributed by atoms with Crippen LogP contribution in [0, 0.1) is 0 Å². The van der Waals surface area contributed by atoms with Crippen LogP contribution in [0.5, 0.6) is 5.75 Å². The first-order valence-corrected chi connectivity index (χ1v) is 8.58. The maximum absolute atomic E-state index is 12.7. The van der Waals surface area contributed by atoms with Crippen LogP contribution in [0.15, 0.2) is 48.8 Å². The van der Waals surface area contributed by atoms with E-state index in [4.69, 9.17) is 4.74 Å². The summed E-state index contributed by atoms with van der Waals surface area (Å²) in [6.45, 7) is 0.690. The third-order valence-electron chi connectivity index (χ3n) is 4.36. The van der Waals surface area contributed by atoms with Crippen molar-refractivity contribution in [2.75, 3.05) is 25.5 Å². The molecule has 2 N–H and O–H groups in total. The number of hydrogen-bond donors (Lipinski definition) is 2. The van der Waals surface area contributed by atoms with E-state index in [2.05, 4.69) is 15.6 Å². The Bertz CT molecular complexity index is 749. The van der Waals surface area contributed by atoms with E-state index in [-0.39, 0.29) is 24.6 Å². The van der Waals surface area contributed by atoms with Crippen LogP contribution >= 0.6 is 0 Å². The minimum Gasteiger partial charge on any atom is -0.484 e. The van der Waals surface area contributed by atoms with E-state index in [0.717, 1.165) is 24.9 Å². The van der Waals surface area contributed by atoms with Gasteiger partial charge in [-0.2, -0.15) is 0 Å². The molecule has 3 amide bonds.